The molecule has 0 aliphatic heterocycles. The van der Waals surface area contributed by atoms with E-state index < -0.39 is 0 Å². The number of nitrogens with one attached hydrogen (secondary N) is 1. The quantitative estimate of drug-likeness (QED) is 0.576. The molecular formula is C4H4ClN3. The zero-order chi connectivity index (χ0) is 5.82. The van der Waals surface area contributed by atoms with Gasteiger partial charge in [0.05, 0.1) is 0 Å². The molecular weight excluding hydrogens is 126 g/mol. The van der Waals surface area contributed by atoms with Crippen LogP contribution in [-0.4, -0.2) is 10.2 Å². The van der Waals surface area contributed by atoms with Crippen LogP contribution in [0.4, 0.5) is 5.82 Å². The topological polar surface area (TPSA) is 37.8 Å². The number of hydrogen-bond donors (Lipinski definition) is 1. The normalized spacial score (nSPS) is 8.62. The average Bonchev–Trinajstić information content (AvgIpc) is 1.90. The smallest absolute Gasteiger partial charge is 0.163 e. The summed E-state index contributed by atoms with van der Waals surface area (Å²) in [5.41, 5.74) is 0. The summed E-state index contributed by atoms with van der Waals surface area (Å²) in [6.07, 6.45) is 1.58. The monoisotopic (exact) mass is 129 g/mol. The summed E-state index contributed by atoms with van der Waals surface area (Å²) in [6, 6.07) is 3.47. The van der Waals surface area contributed by atoms with Crippen molar-refractivity contribution < 1.29 is 0 Å². The third-order valence-electron chi connectivity index (χ3n) is 0.669. The van der Waals surface area contributed by atoms with Gasteiger partial charge >= 0.3 is 0 Å². The standard InChI is InChI=1S/C4H4ClN3/c5-7-4-2-1-3-6-8-4/h1-3H,(H,7,8). The number of halogens is 1. The third kappa shape index (κ3) is 1.07. The van der Waals surface area contributed by atoms with Crippen LogP contribution >= 0.6 is 11.8 Å². The Morgan fingerprint density at radius 3 is 2.88 bits per heavy atom. The molecule has 1 aromatic heterocycles. The van der Waals surface area contributed by atoms with Crippen LogP contribution in [-0.2, 0) is 0 Å². The number of anilines is 1. The van der Waals surface area contributed by atoms with Crippen molar-refractivity contribution in [1.82, 2.24) is 10.2 Å². The Balaban J connectivity index is 2.83. The number of aromatic nitrogens is 2. The first-order chi connectivity index (χ1) is 3.93. The fourth-order valence-electron chi connectivity index (χ4n) is 0.352. The van der Waals surface area contributed by atoms with E-state index in [4.69, 9.17) is 11.8 Å². The lowest BCUT2D eigenvalue weighted by Crippen LogP contribution is -1.85. The largest absolute Gasteiger partial charge is 0.281 e. The molecule has 8 heavy (non-hydrogen) atoms. The van der Waals surface area contributed by atoms with Crippen LogP contribution in [0.25, 0.3) is 0 Å². The van der Waals surface area contributed by atoms with Crippen molar-refractivity contribution in [3.05, 3.63) is 18.3 Å². The lowest BCUT2D eigenvalue weighted by molar-refractivity contribution is 1.04. The second-order valence-corrected chi connectivity index (χ2v) is 1.39. The van der Waals surface area contributed by atoms with Gasteiger partial charge in [-0.15, -0.1) is 5.10 Å². The third-order valence-corrected chi connectivity index (χ3v) is 0.863. The highest BCUT2D eigenvalue weighted by molar-refractivity contribution is 6.23. The highest BCUT2D eigenvalue weighted by Gasteiger charge is 1.82. The number of nitrogens with zero attached hydrogens (tertiary/aromatic N) is 2. The van der Waals surface area contributed by atoms with Gasteiger partial charge in [0, 0.05) is 18.0 Å². The van der Waals surface area contributed by atoms with Crippen LogP contribution in [0.5, 0.6) is 0 Å². The molecule has 0 bridgehead atoms. The minimum atomic E-state index is 0.564. The molecule has 1 N–H and O–H groups in total. The van der Waals surface area contributed by atoms with Gasteiger partial charge in [-0.3, -0.25) is 4.84 Å². The van der Waals surface area contributed by atoms with Crippen molar-refractivity contribution in [2.75, 3.05) is 4.84 Å². The van der Waals surface area contributed by atoms with Gasteiger partial charge in [0.2, 0.25) is 0 Å². The summed E-state index contributed by atoms with van der Waals surface area (Å²) in [7, 11) is 0. The molecule has 0 fully saturated rings. The summed E-state index contributed by atoms with van der Waals surface area (Å²) in [5.74, 6) is 0.564. The molecule has 0 aliphatic rings. The molecule has 0 unspecified atom stereocenters. The second-order valence-electron chi connectivity index (χ2n) is 1.20. The molecule has 0 aromatic carbocycles. The van der Waals surface area contributed by atoms with Gasteiger partial charge in [0.15, 0.2) is 5.82 Å². The van der Waals surface area contributed by atoms with E-state index >= 15 is 0 Å². The van der Waals surface area contributed by atoms with Crippen LogP contribution in [0, 0.1) is 0 Å². The van der Waals surface area contributed by atoms with Gasteiger partial charge in [-0.1, -0.05) is 0 Å². The Hall–Kier alpha value is -0.830. The maximum atomic E-state index is 5.17. The van der Waals surface area contributed by atoms with E-state index in [9.17, 15) is 0 Å². The number of rotatable bonds is 1. The van der Waals surface area contributed by atoms with Gasteiger partial charge in [-0.25, -0.2) is 0 Å². The van der Waals surface area contributed by atoms with Gasteiger partial charge < -0.3 is 0 Å². The molecule has 0 radical (unpaired) electrons. The van der Waals surface area contributed by atoms with E-state index in [1.807, 2.05) is 0 Å². The van der Waals surface area contributed by atoms with Crippen LogP contribution in [0.2, 0.25) is 0 Å². The van der Waals surface area contributed by atoms with Gasteiger partial charge in [-0.2, -0.15) is 5.10 Å². The van der Waals surface area contributed by atoms with E-state index in [0.717, 1.165) is 0 Å². The number of hydrogen-bond acceptors (Lipinski definition) is 3. The van der Waals surface area contributed by atoms with Gasteiger partial charge in [0.25, 0.3) is 0 Å². The first-order valence-corrected chi connectivity index (χ1v) is 2.45. The summed E-state index contributed by atoms with van der Waals surface area (Å²) >= 11 is 5.17. The van der Waals surface area contributed by atoms with Crippen LogP contribution < -0.4 is 4.84 Å². The molecule has 1 rings (SSSR count). The fourth-order valence-corrected chi connectivity index (χ4v) is 0.453. The molecule has 0 amide bonds. The molecule has 3 nitrogen and oxygen atoms in total. The van der Waals surface area contributed by atoms with E-state index in [1.165, 1.54) is 0 Å². The van der Waals surface area contributed by atoms with E-state index in [1.54, 1.807) is 18.3 Å². The predicted octanol–water partition coefficient (Wildman–Crippen LogP) is 1.04. The Kier molecular flexibility index (Phi) is 1.64. The molecule has 1 heterocycles. The maximum absolute atomic E-state index is 5.17. The molecule has 0 saturated carbocycles. The van der Waals surface area contributed by atoms with Crippen molar-refractivity contribution in [2.24, 2.45) is 0 Å². The molecule has 0 aliphatic carbocycles. The Morgan fingerprint density at radius 1 is 1.62 bits per heavy atom. The maximum Gasteiger partial charge on any atom is 0.163 e. The average molecular weight is 130 g/mol. The second kappa shape index (κ2) is 2.47. The molecule has 4 heteroatoms. The molecule has 0 atom stereocenters. The zero-order valence-electron chi connectivity index (χ0n) is 4.00. The van der Waals surface area contributed by atoms with Crippen LogP contribution in [0.3, 0.4) is 0 Å². The SMILES string of the molecule is ClNc1cccnn1. The van der Waals surface area contributed by atoms with Crippen LogP contribution in [0.15, 0.2) is 18.3 Å². The highest BCUT2D eigenvalue weighted by Crippen LogP contribution is 1.96. The van der Waals surface area contributed by atoms with Gasteiger partial charge in [0.1, 0.15) is 0 Å². The van der Waals surface area contributed by atoms with E-state index in [2.05, 4.69) is 15.0 Å². The van der Waals surface area contributed by atoms with E-state index in [-0.39, 0.29) is 0 Å². The highest BCUT2D eigenvalue weighted by atomic mass is 35.5. The Morgan fingerprint density at radius 2 is 2.50 bits per heavy atom. The minimum absolute atomic E-state index is 0.564. The summed E-state index contributed by atoms with van der Waals surface area (Å²) < 4.78 is 0. The molecule has 42 valence electrons. The Bertz CT molecular complexity index is 153. The lowest BCUT2D eigenvalue weighted by atomic mass is 10.6. The van der Waals surface area contributed by atoms with Crippen LogP contribution in [0.1, 0.15) is 0 Å². The fraction of sp³-hybridized carbons (Fsp3) is 0. The van der Waals surface area contributed by atoms with Crippen molar-refractivity contribution in [1.29, 1.82) is 0 Å². The van der Waals surface area contributed by atoms with Crippen molar-refractivity contribution in [2.45, 2.75) is 0 Å². The first kappa shape index (κ1) is 5.31. The summed E-state index contributed by atoms with van der Waals surface area (Å²) in [5, 5.41) is 7.16. The van der Waals surface area contributed by atoms with E-state index in [0.29, 0.717) is 5.82 Å². The first-order valence-electron chi connectivity index (χ1n) is 2.08. The molecule has 0 saturated heterocycles. The predicted molar refractivity (Wildman–Crippen MR) is 31.5 cm³/mol. The van der Waals surface area contributed by atoms with Gasteiger partial charge in [-0.05, 0) is 12.1 Å². The molecule has 1 aromatic rings. The minimum Gasteiger partial charge on any atom is -0.281 e. The summed E-state index contributed by atoms with van der Waals surface area (Å²) in [4.78, 5) is 2.33. The van der Waals surface area contributed by atoms with Crippen molar-refractivity contribution >= 4 is 17.6 Å². The Labute approximate surface area is 51.8 Å². The zero-order valence-corrected chi connectivity index (χ0v) is 4.76. The lowest BCUT2D eigenvalue weighted by Gasteiger charge is -1.88. The molecule has 0 spiro atoms. The van der Waals surface area contributed by atoms with Crippen molar-refractivity contribution in [3.63, 3.8) is 0 Å². The summed E-state index contributed by atoms with van der Waals surface area (Å²) in [6.45, 7) is 0. The van der Waals surface area contributed by atoms with Crippen molar-refractivity contribution in [3.8, 4) is 0 Å².